The lowest BCUT2D eigenvalue weighted by atomic mass is 10.3. The van der Waals surface area contributed by atoms with Crippen molar-refractivity contribution in [2.75, 3.05) is 0 Å². The van der Waals surface area contributed by atoms with Gasteiger partial charge in [-0.1, -0.05) is 0 Å². The summed E-state index contributed by atoms with van der Waals surface area (Å²) in [6, 6.07) is 5.87. The largest absolute Gasteiger partial charge is 0.317 e. The van der Waals surface area contributed by atoms with E-state index >= 15 is 0 Å². The first-order valence-corrected chi connectivity index (χ1v) is 7.45. The van der Waals surface area contributed by atoms with E-state index in [-0.39, 0.29) is 21.3 Å². The summed E-state index contributed by atoms with van der Waals surface area (Å²) in [5.41, 5.74) is -1.28. The van der Waals surface area contributed by atoms with Crippen molar-refractivity contribution in [2.45, 2.75) is 9.79 Å². The molecule has 4 aliphatic rings. The summed E-state index contributed by atoms with van der Waals surface area (Å²) in [5, 5.41) is 22.1. The molecule has 118 valence electrons. The lowest BCUT2D eigenvalue weighted by Gasteiger charge is -2.05. The minimum Gasteiger partial charge on any atom is -0.282 e. The highest BCUT2D eigenvalue weighted by Gasteiger charge is 2.29. The Morgan fingerprint density at radius 1 is 0.783 bits per heavy atom. The van der Waals surface area contributed by atoms with Crippen LogP contribution in [0.15, 0.2) is 46.2 Å². The summed E-state index contributed by atoms with van der Waals surface area (Å²) < 4.78 is 25.0. The van der Waals surface area contributed by atoms with E-state index < -0.39 is 31.1 Å². The van der Waals surface area contributed by atoms with Crippen molar-refractivity contribution in [1.82, 2.24) is 0 Å². The molecule has 0 amide bonds. The highest BCUT2D eigenvalue weighted by atomic mass is 32.2. The van der Waals surface area contributed by atoms with E-state index in [2.05, 4.69) is 0 Å². The summed E-state index contributed by atoms with van der Waals surface area (Å²) in [7, 11) is -4.18. The fourth-order valence-corrected chi connectivity index (χ4v) is 3.28. The number of hydrogen-bond acceptors (Lipinski definition) is 8. The van der Waals surface area contributed by atoms with Gasteiger partial charge in [0.25, 0.3) is 11.5 Å². The third-order valence-electron chi connectivity index (χ3n) is 3.10. The van der Waals surface area contributed by atoms with Gasteiger partial charge in [0.2, 0.25) is 9.84 Å². The van der Waals surface area contributed by atoms with Crippen molar-refractivity contribution < 1.29 is 28.0 Å². The molecule has 0 aromatic heterocycles. The molecule has 0 saturated carbocycles. The van der Waals surface area contributed by atoms with Crippen LogP contribution in [0, 0.1) is 20.2 Å². The number of hydrogen-bond donors (Lipinski definition) is 0. The summed E-state index contributed by atoms with van der Waals surface area (Å²) >= 11 is 0. The van der Waals surface area contributed by atoms with Crippen molar-refractivity contribution in [3.8, 4) is 11.5 Å². The molecule has 0 spiro atoms. The molecule has 2 aromatic rings. The maximum atomic E-state index is 12.5. The molecule has 0 atom stereocenters. The van der Waals surface area contributed by atoms with Gasteiger partial charge in [0.05, 0.1) is 19.6 Å². The number of nitrogens with zero attached hydrogens (tertiary/aromatic N) is 2. The SMILES string of the molecule is O=[N+]([O-])c1cc2ccc1OOc1ccc(cc1[N+](=O)[O-])S2(=O)=O. The lowest BCUT2D eigenvalue weighted by Crippen LogP contribution is -2.04. The van der Waals surface area contributed by atoms with Crippen LogP contribution in [0.2, 0.25) is 0 Å². The highest BCUT2D eigenvalue weighted by molar-refractivity contribution is 7.91. The highest BCUT2D eigenvalue weighted by Crippen LogP contribution is 2.37. The van der Waals surface area contributed by atoms with Gasteiger partial charge >= 0.3 is 11.4 Å². The van der Waals surface area contributed by atoms with Crippen LogP contribution in [0.25, 0.3) is 0 Å². The molecule has 6 rings (SSSR count). The van der Waals surface area contributed by atoms with Crippen molar-refractivity contribution in [2.24, 2.45) is 0 Å². The zero-order valence-corrected chi connectivity index (χ0v) is 11.8. The van der Waals surface area contributed by atoms with Crippen LogP contribution >= 0.6 is 0 Å². The van der Waals surface area contributed by atoms with Gasteiger partial charge in [0.1, 0.15) is 0 Å². The first kappa shape index (κ1) is 14.7. The standard InChI is InChI=1S/C12H6N2O8S/c15-13(16)9-5-7-1-3-11(9)21-22-12-4-2-8(23(7,19)20)6-10(12)14(17)18/h1-6H. The van der Waals surface area contributed by atoms with E-state index in [0.29, 0.717) is 0 Å². The molecule has 0 radical (unpaired) electrons. The Balaban J connectivity index is 2.35. The zero-order valence-electron chi connectivity index (χ0n) is 11.0. The predicted molar refractivity (Wildman–Crippen MR) is 72.9 cm³/mol. The number of sulfone groups is 1. The molecule has 10 nitrogen and oxygen atoms in total. The van der Waals surface area contributed by atoms with E-state index in [4.69, 9.17) is 9.78 Å². The number of benzene rings is 2. The van der Waals surface area contributed by atoms with Gasteiger partial charge in [0.15, 0.2) is 0 Å². The molecule has 2 aromatic carbocycles. The van der Waals surface area contributed by atoms with Crippen LogP contribution in [-0.4, -0.2) is 18.3 Å². The molecule has 23 heavy (non-hydrogen) atoms. The Hall–Kier alpha value is -3.21. The molecule has 4 heterocycles. The summed E-state index contributed by atoms with van der Waals surface area (Å²) in [6.45, 7) is 0. The molecule has 0 aliphatic carbocycles. The van der Waals surface area contributed by atoms with Gasteiger partial charge < -0.3 is 0 Å². The maximum Gasteiger partial charge on any atom is 0.317 e. The Labute approximate surface area is 128 Å². The van der Waals surface area contributed by atoms with E-state index in [1.807, 2.05) is 0 Å². The predicted octanol–water partition coefficient (Wildman–Crippen LogP) is 2.02. The van der Waals surface area contributed by atoms with E-state index in [0.717, 1.165) is 36.4 Å². The fourth-order valence-electron chi connectivity index (χ4n) is 1.98. The zero-order chi connectivity index (χ0) is 16.8. The molecule has 4 bridgehead atoms. The Kier molecular flexibility index (Phi) is 3.14. The summed E-state index contributed by atoms with van der Waals surface area (Å²) in [5.74, 6) is -0.763. The second-order valence-electron chi connectivity index (χ2n) is 4.44. The number of rotatable bonds is 2. The first-order chi connectivity index (χ1) is 10.8. The Morgan fingerprint density at radius 3 is 1.52 bits per heavy atom. The van der Waals surface area contributed by atoms with Crippen molar-refractivity contribution in [3.05, 3.63) is 56.6 Å². The number of nitro benzene ring substituents is 2. The second-order valence-corrected chi connectivity index (χ2v) is 6.39. The molecule has 0 unspecified atom stereocenters. The monoisotopic (exact) mass is 338 g/mol. The van der Waals surface area contributed by atoms with Gasteiger partial charge in [-0.25, -0.2) is 8.42 Å². The maximum absolute atomic E-state index is 12.5. The third kappa shape index (κ3) is 2.32. The van der Waals surface area contributed by atoms with Crippen LogP contribution in [0.4, 0.5) is 11.4 Å². The second kappa shape index (κ2) is 4.91. The Morgan fingerprint density at radius 2 is 1.17 bits per heavy atom. The quantitative estimate of drug-likeness (QED) is 0.460. The van der Waals surface area contributed by atoms with Crippen LogP contribution in [0.3, 0.4) is 0 Å². The third-order valence-corrected chi connectivity index (χ3v) is 4.85. The van der Waals surface area contributed by atoms with Crippen molar-refractivity contribution in [3.63, 3.8) is 0 Å². The van der Waals surface area contributed by atoms with E-state index in [1.165, 1.54) is 0 Å². The lowest BCUT2D eigenvalue weighted by molar-refractivity contribution is -0.390. The summed E-state index contributed by atoms with van der Waals surface area (Å²) in [6.07, 6.45) is 0. The Bertz CT molecular complexity index is 882. The van der Waals surface area contributed by atoms with Crippen molar-refractivity contribution >= 4 is 21.2 Å². The molecular weight excluding hydrogens is 332 g/mol. The topological polar surface area (TPSA) is 139 Å². The molecule has 4 aliphatic heterocycles. The molecular formula is C12H6N2O8S. The van der Waals surface area contributed by atoms with E-state index in [9.17, 15) is 28.6 Å². The van der Waals surface area contributed by atoms with Crippen LogP contribution in [-0.2, 0) is 9.84 Å². The summed E-state index contributed by atoms with van der Waals surface area (Å²) in [4.78, 5) is 29.2. The van der Waals surface area contributed by atoms with Gasteiger partial charge in [-0.05, 0) is 24.3 Å². The molecule has 0 fully saturated rings. The minimum atomic E-state index is -4.18. The minimum absolute atomic E-state index is 0.382. The molecule has 0 saturated heterocycles. The van der Waals surface area contributed by atoms with Gasteiger partial charge in [-0.3, -0.25) is 30.0 Å². The average Bonchev–Trinajstić information content (AvgIpc) is 2.56. The smallest absolute Gasteiger partial charge is 0.282 e. The first-order valence-electron chi connectivity index (χ1n) is 5.97. The van der Waals surface area contributed by atoms with Gasteiger partial charge in [-0.2, -0.15) is 0 Å². The van der Waals surface area contributed by atoms with Gasteiger partial charge in [-0.15, -0.1) is 0 Å². The fraction of sp³-hybridized carbons (Fsp3) is 0. The van der Waals surface area contributed by atoms with Crippen LogP contribution in [0.1, 0.15) is 0 Å². The van der Waals surface area contributed by atoms with Gasteiger partial charge in [0, 0.05) is 12.1 Å². The van der Waals surface area contributed by atoms with Crippen LogP contribution in [0.5, 0.6) is 11.5 Å². The average molecular weight is 338 g/mol. The molecule has 11 heteroatoms. The van der Waals surface area contributed by atoms with Crippen LogP contribution < -0.4 is 9.78 Å². The normalized spacial score (nSPS) is 14.4. The van der Waals surface area contributed by atoms with E-state index in [1.54, 1.807) is 0 Å². The number of nitro groups is 2. The van der Waals surface area contributed by atoms with Crippen molar-refractivity contribution in [1.29, 1.82) is 0 Å². The molecule has 0 N–H and O–H groups in total.